The summed E-state index contributed by atoms with van der Waals surface area (Å²) in [5.41, 5.74) is 1.20. The largest absolute Gasteiger partial charge is 0.486 e. The van der Waals surface area contributed by atoms with Gasteiger partial charge in [-0.3, -0.25) is 9.48 Å². The molecule has 0 saturated heterocycles. The molecule has 1 aromatic carbocycles. The zero-order chi connectivity index (χ0) is 19.4. The first-order chi connectivity index (χ1) is 12.9. The second-order valence-corrected chi connectivity index (χ2v) is 6.70. The normalized spacial score (nSPS) is 11.2. The molecule has 142 valence electrons. The Morgan fingerprint density at radius 3 is 2.52 bits per heavy atom. The van der Waals surface area contributed by atoms with Gasteiger partial charge in [0.25, 0.3) is 5.91 Å². The number of benzene rings is 1. The van der Waals surface area contributed by atoms with Crippen LogP contribution in [0.3, 0.4) is 0 Å². The van der Waals surface area contributed by atoms with Gasteiger partial charge in [-0.25, -0.2) is 4.68 Å². The van der Waals surface area contributed by atoms with Crippen molar-refractivity contribution in [1.82, 2.24) is 30.0 Å². The van der Waals surface area contributed by atoms with Gasteiger partial charge < -0.3 is 10.1 Å². The highest BCUT2D eigenvalue weighted by molar-refractivity contribution is 6.04. The van der Waals surface area contributed by atoms with Crippen LogP contribution < -0.4 is 10.1 Å². The summed E-state index contributed by atoms with van der Waals surface area (Å²) in [6.45, 7) is 8.30. The van der Waals surface area contributed by atoms with E-state index in [2.05, 4.69) is 25.9 Å². The fraction of sp³-hybridized carbons (Fsp3) is 0.389. The maximum Gasteiger partial charge on any atom is 0.255 e. The minimum atomic E-state index is -0.200. The van der Waals surface area contributed by atoms with Crippen molar-refractivity contribution in [2.75, 3.05) is 5.32 Å². The van der Waals surface area contributed by atoms with Crippen LogP contribution in [0.5, 0.6) is 5.75 Å². The van der Waals surface area contributed by atoms with Crippen LogP contribution in [0.4, 0.5) is 5.69 Å². The van der Waals surface area contributed by atoms with Crippen LogP contribution in [0.1, 0.15) is 56.0 Å². The Morgan fingerprint density at radius 1 is 1.15 bits per heavy atom. The quantitative estimate of drug-likeness (QED) is 0.687. The van der Waals surface area contributed by atoms with Crippen molar-refractivity contribution in [2.45, 2.75) is 46.4 Å². The lowest BCUT2D eigenvalue weighted by Crippen LogP contribution is -2.12. The fourth-order valence-corrected chi connectivity index (χ4v) is 2.45. The average Bonchev–Trinajstić information content (AvgIpc) is 3.29. The summed E-state index contributed by atoms with van der Waals surface area (Å²) in [5.74, 6) is 1.08. The van der Waals surface area contributed by atoms with Crippen molar-refractivity contribution in [1.29, 1.82) is 0 Å². The van der Waals surface area contributed by atoms with E-state index in [1.807, 2.05) is 27.7 Å². The molecule has 0 atom stereocenters. The average molecular weight is 369 g/mol. The number of anilines is 1. The topological polar surface area (TPSA) is 99.8 Å². The Bertz CT molecular complexity index is 897. The van der Waals surface area contributed by atoms with Crippen molar-refractivity contribution in [2.24, 2.45) is 0 Å². The number of carbonyl (C=O) groups is 1. The van der Waals surface area contributed by atoms with Gasteiger partial charge in [-0.2, -0.15) is 5.10 Å². The predicted octanol–water partition coefficient (Wildman–Crippen LogP) is 2.86. The lowest BCUT2D eigenvalue weighted by Gasteiger charge is -2.09. The van der Waals surface area contributed by atoms with Crippen LogP contribution in [0.15, 0.2) is 36.7 Å². The maximum absolute atomic E-state index is 12.3. The molecule has 0 fully saturated rings. The molecule has 27 heavy (non-hydrogen) atoms. The molecule has 0 aliphatic carbocycles. The van der Waals surface area contributed by atoms with E-state index in [1.54, 1.807) is 46.0 Å². The van der Waals surface area contributed by atoms with Gasteiger partial charge in [-0.05, 0) is 62.4 Å². The van der Waals surface area contributed by atoms with Crippen LogP contribution in [0.25, 0.3) is 0 Å². The Balaban J connectivity index is 1.59. The van der Waals surface area contributed by atoms with Crippen LogP contribution in [0.2, 0.25) is 0 Å². The van der Waals surface area contributed by atoms with E-state index in [0.717, 1.165) is 0 Å². The number of hydrogen-bond donors (Lipinski definition) is 1. The van der Waals surface area contributed by atoms with Gasteiger partial charge in [0.2, 0.25) is 0 Å². The van der Waals surface area contributed by atoms with E-state index in [1.165, 1.54) is 0 Å². The van der Waals surface area contributed by atoms with Crippen LogP contribution >= 0.6 is 0 Å². The second-order valence-electron chi connectivity index (χ2n) is 6.70. The molecule has 3 aromatic rings. The molecule has 0 aliphatic rings. The molecule has 9 nitrogen and oxygen atoms in total. The first kappa shape index (κ1) is 18.6. The maximum atomic E-state index is 12.3. The summed E-state index contributed by atoms with van der Waals surface area (Å²) >= 11 is 0. The van der Waals surface area contributed by atoms with E-state index >= 15 is 0 Å². The van der Waals surface area contributed by atoms with Crippen molar-refractivity contribution in [3.8, 4) is 5.75 Å². The van der Waals surface area contributed by atoms with Gasteiger partial charge >= 0.3 is 0 Å². The van der Waals surface area contributed by atoms with Crippen molar-refractivity contribution in [3.05, 3.63) is 48.0 Å². The number of carbonyl (C=O) groups excluding carboxylic acids is 1. The zero-order valence-electron chi connectivity index (χ0n) is 15.8. The van der Waals surface area contributed by atoms with Gasteiger partial charge in [0, 0.05) is 17.8 Å². The molecule has 2 heterocycles. The van der Waals surface area contributed by atoms with Crippen molar-refractivity contribution < 1.29 is 9.53 Å². The number of tetrazole rings is 1. The van der Waals surface area contributed by atoms with E-state index in [-0.39, 0.29) is 24.6 Å². The summed E-state index contributed by atoms with van der Waals surface area (Å²) in [6.07, 6.45) is 3.44. The molecular formula is C18H23N7O2. The van der Waals surface area contributed by atoms with Gasteiger partial charge in [0.15, 0.2) is 5.82 Å². The van der Waals surface area contributed by atoms with E-state index in [0.29, 0.717) is 22.8 Å². The standard InChI is InChI=1S/C18H23N7O2/c1-12(2)24-10-15(9-19-24)20-18(26)14-5-7-16(8-6-14)27-11-17-21-22-23-25(17)13(3)4/h5-10,12-13H,11H2,1-4H3,(H,20,26). The number of rotatable bonds is 7. The number of aromatic nitrogens is 6. The lowest BCUT2D eigenvalue weighted by atomic mass is 10.2. The van der Waals surface area contributed by atoms with Crippen LogP contribution in [-0.4, -0.2) is 35.9 Å². The van der Waals surface area contributed by atoms with Gasteiger partial charge in [0.1, 0.15) is 12.4 Å². The summed E-state index contributed by atoms with van der Waals surface area (Å²) in [7, 11) is 0. The summed E-state index contributed by atoms with van der Waals surface area (Å²) in [5, 5.41) is 18.6. The van der Waals surface area contributed by atoms with Gasteiger partial charge in [-0.1, -0.05) is 0 Å². The minimum Gasteiger partial charge on any atom is -0.486 e. The molecule has 9 heteroatoms. The summed E-state index contributed by atoms with van der Waals surface area (Å²) < 4.78 is 9.21. The number of ether oxygens (including phenoxy) is 1. The molecule has 0 spiro atoms. The molecule has 0 saturated carbocycles. The molecule has 1 amide bonds. The second kappa shape index (κ2) is 7.98. The molecule has 3 rings (SSSR count). The minimum absolute atomic E-state index is 0.157. The van der Waals surface area contributed by atoms with E-state index < -0.39 is 0 Å². The fourth-order valence-electron chi connectivity index (χ4n) is 2.45. The monoisotopic (exact) mass is 369 g/mol. The molecule has 1 N–H and O–H groups in total. The number of amides is 1. The molecule has 0 aliphatic heterocycles. The highest BCUT2D eigenvalue weighted by atomic mass is 16.5. The van der Waals surface area contributed by atoms with E-state index in [9.17, 15) is 4.79 Å². The smallest absolute Gasteiger partial charge is 0.255 e. The lowest BCUT2D eigenvalue weighted by molar-refractivity contribution is 0.102. The first-order valence-corrected chi connectivity index (χ1v) is 8.79. The zero-order valence-corrected chi connectivity index (χ0v) is 15.8. The van der Waals surface area contributed by atoms with Crippen LogP contribution in [-0.2, 0) is 6.61 Å². The predicted molar refractivity (Wildman–Crippen MR) is 99.5 cm³/mol. The molecule has 2 aromatic heterocycles. The van der Waals surface area contributed by atoms with Gasteiger partial charge in [0.05, 0.1) is 17.9 Å². The number of nitrogens with zero attached hydrogens (tertiary/aromatic N) is 6. The summed E-state index contributed by atoms with van der Waals surface area (Å²) in [6, 6.07) is 7.31. The highest BCUT2D eigenvalue weighted by Crippen LogP contribution is 2.16. The first-order valence-electron chi connectivity index (χ1n) is 8.79. The number of hydrogen-bond acceptors (Lipinski definition) is 6. The Morgan fingerprint density at radius 2 is 1.89 bits per heavy atom. The molecule has 0 unspecified atom stereocenters. The van der Waals surface area contributed by atoms with Crippen molar-refractivity contribution in [3.63, 3.8) is 0 Å². The molecule has 0 bridgehead atoms. The highest BCUT2D eigenvalue weighted by Gasteiger charge is 2.11. The Labute approximate surface area is 157 Å². The Kier molecular flexibility index (Phi) is 5.49. The van der Waals surface area contributed by atoms with Crippen molar-refractivity contribution >= 4 is 11.6 Å². The third-order valence-corrected chi connectivity index (χ3v) is 3.92. The SMILES string of the molecule is CC(C)n1cc(NC(=O)c2ccc(OCc3nnnn3C(C)C)cc2)cn1. The summed E-state index contributed by atoms with van der Waals surface area (Å²) in [4.78, 5) is 12.3. The van der Waals surface area contributed by atoms with E-state index in [4.69, 9.17) is 4.74 Å². The van der Waals surface area contributed by atoms with Crippen LogP contribution in [0, 0.1) is 0 Å². The third-order valence-electron chi connectivity index (χ3n) is 3.92. The molecular weight excluding hydrogens is 346 g/mol. The molecule has 0 radical (unpaired) electrons. The third kappa shape index (κ3) is 4.49. The van der Waals surface area contributed by atoms with Gasteiger partial charge in [-0.15, -0.1) is 5.10 Å². The Hall–Kier alpha value is -3.23. The number of nitrogens with one attached hydrogen (secondary N) is 1.